The van der Waals surface area contributed by atoms with Crippen LogP contribution in [-0.4, -0.2) is 28.6 Å². The van der Waals surface area contributed by atoms with Crippen LogP contribution in [0.2, 0.25) is 0 Å². The third-order valence-corrected chi connectivity index (χ3v) is 3.66. The summed E-state index contributed by atoms with van der Waals surface area (Å²) in [6.45, 7) is 8.19. The highest BCUT2D eigenvalue weighted by Crippen LogP contribution is 2.30. The molecule has 19 heavy (non-hydrogen) atoms. The average molecular weight is 265 g/mol. The van der Waals surface area contributed by atoms with Crippen LogP contribution < -0.4 is 0 Å². The summed E-state index contributed by atoms with van der Waals surface area (Å²) in [5.41, 5.74) is 1.01. The van der Waals surface area contributed by atoms with Crippen molar-refractivity contribution in [3.05, 3.63) is 23.2 Å². The van der Waals surface area contributed by atoms with E-state index in [1.54, 1.807) is 6.07 Å². The second-order valence-corrected chi connectivity index (χ2v) is 5.88. The van der Waals surface area contributed by atoms with Crippen LogP contribution in [0.5, 0.6) is 0 Å². The maximum Gasteiger partial charge on any atom is 0.371 e. The highest BCUT2D eigenvalue weighted by Gasteiger charge is 2.29. The van der Waals surface area contributed by atoms with Gasteiger partial charge in [0.05, 0.1) is 0 Å². The molecule has 0 aromatic carbocycles. The van der Waals surface area contributed by atoms with E-state index < -0.39 is 5.97 Å². The molecule has 0 bridgehead atoms. The van der Waals surface area contributed by atoms with E-state index in [0.717, 1.165) is 24.4 Å². The van der Waals surface area contributed by atoms with Gasteiger partial charge in [-0.1, -0.05) is 13.8 Å². The smallest absolute Gasteiger partial charge is 0.371 e. The molecule has 2 rings (SSSR count). The zero-order valence-electron chi connectivity index (χ0n) is 12.0. The highest BCUT2D eigenvalue weighted by atomic mass is 16.4. The Morgan fingerprint density at radius 3 is 2.68 bits per heavy atom. The second-order valence-electron chi connectivity index (χ2n) is 5.88. The number of carboxylic acids is 1. The third kappa shape index (κ3) is 3.83. The number of nitrogens with zero attached hydrogens (tertiary/aromatic N) is 1. The van der Waals surface area contributed by atoms with Gasteiger partial charge in [0.25, 0.3) is 0 Å². The summed E-state index contributed by atoms with van der Waals surface area (Å²) in [5.74, 6) is 0.482. The Hall–Kier alpha value is -1.29. The van der Waals surface area contributed by atoms with E-state index in [9.17, 15) is 4.79 Å². The van der Waals surface area contributed by atoms with Gasteiger partial charge in [-0.3, -0.25) is 4.90 Å². The Morgan fingerprint density at radius 1 is 1.53 bits per heavy atom. The molecule has 1 aromatic rings. The number of furan rings is 1. The van der Waals surface area contributed by atoms with Crippen molar-refractivity contribution in [3.63, 3.8) is 0 Å². The molecule has 1 aromatic heterocycles. The first-order chi connectivity index (χ1) is 8.97. The molecule has 0 aliphatic heterocycles. The molecule has 0 saturated heterocycles. The van der Waals surface area contributed by atoms with Crippen molar-refractivity contribution < 1.29 is 14.3 Å². The predicted octanol–water partition coefficient (Wildman–Crippen LogP) is 3.30. The molecule has 1 N–H and O–H groups in total. The van der Waals surface area contributed by atoms with Gasteiger partial charge in [0.15, 0.2) is 0 Å². The van der Waals surface area contributed by atoms with Gasteiger partial charge in [0.1, 0.15) is 5.76 Å². The first kappa shape index (κ1) is 14.1. The van der Waals surface area contributed by atoms with Gasteiger partial charge in [0.2, 0.25) is 5.76 Å². The van der Waals surface area contributed by atoms with Crippen molar-refractivity contribution in [1.82, 2.24) is 4.90 Å². The quantitative estimate of drug-likeness (QED) is 0.822. The maximum atomic E-state index is 10.9. The Bertz CT molecular complexity index is 446. The summed E-state index contributed by atoms with van der Waals surface area (Å²) >= 11 is 0. The Labute approximate surface area is 114 Å². The summed E-state index contributed by atoms with van der Waals surface area (Å²) in [7, 11) is 0. The molecular weight excluding hydrogens is 242 g/mol. The van der Waals surface area contributed by atoms with Crippen LogP contribution in [0.4, 0.5) is 0 Å². The first-order valence-corrected chi connectivity index (χ1v) is 7.04. The Morgan fingerprint density at radius 2 is 2.21 bits per heavy atom. The van der Waals surface area contributed by atoms with Crippen LogP contribution in [-0.2, 0) is 6.54 Å². The van der Waals surface area contributed by atoms with Gasteiger partial charge in [0, 0.05) is 18.2 Å². The second kappa shape index (κ2) is 5.78. The van der Waals surface area contributed by atoms with E-state index in [2.05, 4.69) is 18.7 Å². The molecule has 0 spiro atoms. The zero-order chi connectivity index (χ0) is 14.0. The number of hydrogen-bond donors (Lipinski definition) is 1. The normalized spacial score (nSPS) is 15.4. The van der Waals surface area contributed by atoms with Gasteiger partial charge >= 0.3 is 5.97 Å². The fourth-order valence-corrected chi connectivity index (χ4v) is 2.26. The number of aryl methyl sites for hydroxylation is 1. The minimum absolute atomic E-state index is 0.0482. The largest absolute Gasteiger partial charge is 0.475 e. The standard InChI is InChI=1S/C15H23NO3/c1-10(2)6-7-16(13-4-5-13)9-12-8-14(15(17)18)19-11(12)3/h8,10,13H,4-7,9H2,1-3H3,(H,17,18). The minimum Gasteiger partial charge on any atom is -0.475 e. The number of aromatic carboxylic acids is 1. The van der Waals surface area contributed by atoms with Crippen molar-refractivity contribution in [1.29, 1.82) is 0 Å². The minimum atomic E-state index is -0.991. The van der Waals surface area contributed by atoms with Gasteiger partial charge in [-0.05, 0) is 44.7 Å². The molecule has 0 radical (unpaired) electrons. The van der Waals surface area contributed by atoms with E-state index in [-0.39, 0.29) is 5.76 Å². The monoisotopic (exact) mass is 265 g/mol. The molecule has 0 amide bonds. The lowest BCUT2D eigenvalue weighted by Crippen LogP contribution is -2.27. The van der Waals surface area contributed by atoms with E-state index in [1.165, 1.54) is 19.3 Å². The molecule has 4 heteroatoms. The summed E-state index contributed by atoms with van der Waals surface area (Å²) in [4.78, 5) is 13.4. The van der Waals surface area contributed by atoms with Crippen LogP contribution in [0, 0.1) is 12.8 Å². The highest BCUT2D eigenvalue weighted by molar-refractivity contribution is 5.84. The summed E-state index contributed by atoms with van der Waals surface area (Å²) < 4.78 is 5.28. The predicted molar refractivity (Wildman–Crippen MR) is 73.3 cm³/mol. The lowest BCUT2D eigenvalue weighted by atomic mass is 10.1. The molecule has 1 aliphatic rings. The maximum absolute atomic E-state index is 10.9. The van der Waals surface area contributed by atoms with Crippen LogP contribution in [0.25, 0.3) is 0 Å². The van der Waals surface area contributed by atoms with Crippen molar-refractivity contribution in [3.8, 4) is 0 Å². The molecule has 1 aliphatic carbocycles. The average Bonchev–Trinajstić information content (AvgIpc) is 3.09. The number of carboxylic acid groups (broad SMARTS) is 1. The first-order valence-electron chi connectivity index (χ1n) is 7.04. The number of carbonyl (C=O) groups is 1. The summed E-state index contributed by atoms with van der Waals surface area (Å²) in [5, 5.41) is 8.95. The lowest BCUT2D eigenvalue weighted by Gasteiger charge is -2.22. The molecule has 1 fully saturated rings. The molecule has 0 atom stereocenters. The fraction of sp³-hybridized carbons (Fsp3) is 0.667. The fourth-order valence-electron chi connectivity index (χ4n) is 2.26. The van der Waals surface area contributed by atoms with Crippen molar-refractivity contribution in [2.75, 3.05) is 6.54 Å². The third-order valence-electron chi connectivity index (χ3n) is 3.66. The topological polar surface area (TPSA) is 53.7 Å². The Balaban J connectivity index is 2.02. The number of hydrogen-bond acceptors (Lipinski definition) is 3. The molecule has 1 saturated carbocycles. The van der Waals surface area contributed by atoms with Gasteiger partial charge in [-0.25, -0.2) is 4.79 Å². The van der Waals surface area contributed by atoms with Crippen LogP contribution in [0.3, 0.4) is 0 Å². The van der Waals surface area contributed by atoms with E-state index >= 15 is 0 Å². The molecule has 0 unspecified atom stereocenters. The van der Waals surface area contributed by atoms with Gasteiger partial charge < -0.3 is 9.52 Å². The van der Waals surface area contributed by atoms with E-state index in [0.29, 0.717) is 12.0 Å². The van der Waals surface area contributed by atoms with Crippen molar-refractivity contribution >= 4 is 5.97 Å². The SMILES string of the molecule is Cc1oc(C(=O)O)cc1CN(CCC(C)C)C1CC1. The van der Waals surface area contributed by atoms with Crippen LogP contribution in [0.15, 0.2) is 10.5 Å². The van der Waals surface area contributed by atoms with Gasteiger partial charge in [-0.15, -0.1) is 0 Å². The number of rotatable bonds is 7. The summed E-state index contributed by atoms with van der Waals surface area (Å²) in [6.07, 6.45) is 3.71. The lowest BCUT2D eigenvalue weighted by molar-refractivity contribution is 0.0661. The van der Waals surface area contributed by atoms with Crippen molar-refractivity contribution in [2.24, 2.45) is 5.92 Å². The van der Waals surface area contributed by atoms with E-state index in [1.807, 2.05) is 6.92 Å². The van der Waals surface area contributed by atoms with E-state index in [4.69, 9.17) is 9.52 Å². The Kier molecular flexibility index (Phi) is 4.30. The molecule has 4 nitrogen and oxygen atoms in total. The zero-order valence-corrected chi connectivity index (χ0v) is 12.0. The summed E-state index contributed by atoms with van der Waals surface area (Å²) in [6, 6.07) is 2.35. The van der Waals surface area contributed by atoms with Gasteiger partial charge in [-0.2, -0.15) is 0 Å². The van der Waals surface area contributed by atoms with Crippen LogP contribution in [0.1, 0.15) is 55.0 Å². The van der Waals surface area contributed by atoms with Crippen molar-refractivity contribution in [2.45, 2.75) is 52.6 Å². The van der Waals surface area contributed by atoms with Crippen LogP contribution >= 0.6 is 0 Å². The molecule has 1 heterocycles. The molecular formula is C15H23NO3. The molecule has 106 valence electrons.